The maximum absolute atomic E-state index is 6.46. The molecule has 0 bridgehead atoms. The zero-order chi connectivity index (χ0) is 12.1. The molecular formula is C14H28N2O. The van der Waals surface area contributed by atoms with Gasteiger partial charge < -0.3 is 10.5 Å². The summed E-state index contributed by atoms with van der Waals surface area (Å²) < 4.78 is 5.57. The minimum absolute atomic E-state index is 0.197. The van der Waals surface area contributed by atoms with Crippen molar-refractivity contribution in [1.29, 1.82) is 0 Å². The van der Waals surface area contributed by atoms with Crippen LogP contribution in [0.2, 0.25) is 0 Å². The van der Waals surface area contributed by atoms with E-state index < -0.39 is 0 Å². The van der Waals surface area contributed by atoms with E-state index in [0.29, 0.717) is 0 Å². The number of rotatable bonds is 5. The molecule has 1 saturated heterocycles. The van der Waals surface area contributed by atoms with Gasteiger partial charge in [-0.2, -0.15) is 0 Å². The Hall–Kier alpha value is -0.120. The van der Waals surface area contributed by atoms with Crippen molar-refractivity contribution in [2.24, 2.45) is 5.73 Å². The lowest BCUT2D eigenvalue weighted by atomic mass is 9.85. The second kappa shape index (κ2) is 6.17. The highest BCUT2D eigenvalue weighted by Crippen LogP contribution is 2.39. The normalized spacial score (nSPS) is 27.2. The average Bonchev–Trinajstić information content (AvgIpc) is 2.87. The minimum Gasteiger partial charge on any atom is -0.380 e. The van der Waals surface area contributed by atoms with Crippen molar-refractivity contribution in [3.63, 3.8) is 0 Å². The van der Waals surface area contributed by atoms with E-state index in [-0.39, 0.29) is 11.6 Å². The largest absolute Gasteiger partial charge is 0.380 e. The highest BCUT2D eigenvalue weighted by atomic mass is 16.5. The highest BCUT2D eigenvalue weighted by molar-refractivity contribution is 5.03. The maximum atomic E-state index is 6.46. The smallest absolute Gasteiger partial charge is 0.0635 e. The third-order valence-electron chi connectivity index (χ3n) is 4.65. The van der Waals surface area contributed by atoms with E-state index >= 15 is 0 Å². The predicted octanol–water partition coefficient (Wildman–Crippen LogP) is 2.15. The Labute approximate surface area is 106 Å². The second-order valence-electron chi connectivity index (χ2n) is 5.62. The summed E-state index contributed by atoms with van der Waals surface area (Å²) in [6.07, 6.45) is 9.34. The summed E-state index contributed by atoms with van der Waals surface area (Å²) in [7, 11) is 0. The molecule has 1 unspecified atom stereocenters. The molecule has 17 heavy (non-hydrogen) atoms. The van der Waals surface area contributed by atoms with Crippen molar-refractivity contribution >= 4 is 0 Å². The summed E-state index contributed by atoms with van der Waals surface area (Å²) in [4.78, 5) is 2.69. The topological polar surface area (TPSA) is 38.5 Å². The molecule has 1 aliphatic carbocycles. The van der Waals surface area contributed by atoms with Crippen molar-refractivity contribution < 1.29 is 4.74 Å². The summed E-state index contributed by atoms with van der Waals surface area (Å²) in [6.45, 7) is 6.06. The second-order valence-corrected chi connectivity index (χ2v) is 5.62. The van der Waals surface area contributed by atoms with E-state index in [4.69, 9.17) is 10.5 Å². The molecule has 1 atom stereocenters. The minimum atomic E-state index is 0.197. The first-order valence-electron chi connectivity index (χ1n) is 7.38. The van der Waals surface area contributed by atoms with Crippen LogP contribution >= 0.6 is 0 Å². The summed E-state index contributed by atoms with van der Waals surface area (Å²) in [5.41, 5.74) is 6.72. The van der Waals surface area contributed by atoms with Crippen LogP contribution in [0.3, 0.4) is 0 Å². The lowest BCUT2D eigenvalue weighted by Crippen LogP contribution is -2.61. The highest BCUT2D eigenvalue weighted by Gasteiger charge is 2.44. The Bertz CT molecular complexity index is 220. The van der Waals surface area contributed by atoms with Gasteiger partial charge in [-0.15, -0.1) is 0 Å². The molecule has 2 aliphatic rings. The van der Waals surface area contributed by atoms with Crippen molar-refractivity contribution in [2.75, 3.05) is 26.3 Å². The Morgan fingerprint density at radius 2 is 1.76 bits per heavy atom. The Morgan fingerprint density at radius 3 is 2.35 bits per heavy atom. The number of nitrogens with two attached hydrogens (primary N) is 1. The van der Waals surface area contributed by atoms with Crippen LogP contribution in [-0.2, 0) is 4.74 Å². The van der Waals surface area contributed by atoms with Gasteiger partial charge in [0.15, 0.2) is 0 Å². The number of likely N-dealkylation sites (tertiary alicyclic amines) is 1. The standard InChI is InChI=1S/C14H28N2O/c1-2-17-12-13(15)14(8-4-5-9-14)16-10-6-3-7-11-16/h13H,2-12,15H2,1H3. The number of hydrogen-bond donors (Lipinski definition) is 1. The Morgan fingerprint density at radius 1 is 1.12 bits per heavy atom. The Kier molecular flexibility index (Phi) is 4.83. The maximum Gasteiger partial charge on any atom is 0.0635 e. The van der Waals surface area contributed by atoms with E-state index in [1.165, 1.54) is 58.0 Å². The van der Waals surface area contributed by atoms with E-state index in [9.17, 15) is 0 Å². The molecule has 0 aromatic rings. The van der Waals surface area contributed by atoms with E-state index in [2.05, 4.69) is 11.8 Å². The first kappa shape index (κ1) is 13.3. The molecule has 2 fully saturated rings. The molecule has 1 aliphatic heterocycles. The van der Waals surface area contributed by atoms with Gasteiger partial charge >= 0.3 is 0 Å². The van der Waals surface area contributed by atoms with E-state index in [1.54, 1.807) is 0 Å². The van der Waals surface area contributed by atoms with Gasteiger partial charge in [-0.05, 0) is 45.7 Å². The monoisotopic (exact) mass is 240 g/mol. The molecule has 2 rings (SSSR count). The SMILES string of the molecule is CCOCC(N)C1(N2CCCCC2)CCCC1. The molecular weight excluding hydrogens is 212 g/mol. The molecule has 0 aromatic heterocycles. The average molecular weight is 240 g/mol. The van der Waals surface area contributed by atoms with Gasteiger partial charge in [0.05, 0.1) is 6.61 Å². The van der Waals surface area contributed by atoms with Gasteiger partial charge in [0.25, 0.3) is 0 Å². The van der Waals surface area contributed by atoms with Gasteiger partial charge in [0.1, 0.15) is 0 Å². The fourth-order valence-electron chi connectivity index (χ4n) is 3.65. The van der Waals surface area contributed by atoms with Gasteiger partial charge in [-0.1, -0.05) is 19.3 Å². The fraction of sp³-hybridized carbons (Fsp3) is 1.00. The summed E-state index contributed by atoms with van der Waals surface area (Å²) in [5.74, 6) is 0. The van der Waals surface area contributed by atoms with Crippen LogP contribution in [0.25, 0.3) is 0 Å². The zero-order valence-corrected chi connectivity index (χ0v) is 11.3. The van der Waals surface area contributed by atoms with Gasteiger partial charge in [-0.25, -0.2) is 0 Å². The Balaban J connectivity index is 2.02. The third-order valence-corrected chi connectivity index (χ3v) is 4.65. The predicted molar refractivity (Wildman–Crippen MR) is 71.1 cm³/mol. The molecule has 100 valence electrons. The molecule has 0 spiro atoms. The lowest BCUT2D eigenvalue weighted by molar-refractivity contribution is 0.0132. The molecule has 3 nitrogen and oxygen atoms in total. The molecule has 0 radical (unpaired) electrons. The van der Waals surface area contributed by atoms with E-state index in [0.717, 1.165) is 13.2 Å². The van der Waals surface area contributed by atoms with Gasteiger partial charge in [0.2, 0.25) is 0 Å². The molecule has 2 N–H and O–H groups in total. The lowest BCUT2D eigenvalue weighted by Gasteiger charge is -2.47. The van der Waals surface area contributed by atoms with Crippen LogP contribution in [0.5, 0.6) is 0 Å². The molecule has 1 heterocycles. The summed E-state index contributed by atoms with van der Waals surface area (Å²) in [5, 5.41) is 0. The van der Waals surface area contributed by atoms with Crippen molar-refractivity contribution in [1.82, 2.24) is 4.90 Å². The number of ether oxygens (including phenoxy) is 1. The molecule has 3 heteroatoms. The summed E-state index contributed by atoms with van der Waals surface area (Å²) in [6, 6.07) is 0.197. The van der Waals surface area contributed by atoms with Crippen molar-refractivity contribution in [2.45, 2.75) is 63.5 Å². The van der Waals surface area contributed by atoms with Crippen LogP contribution in [0.15, 0.2) is 0 Å². The van der Waals surface area contributed by atoms with Crippen LogP contribution in [0.1, 0.15) is 51.9 Å². The number of nitrogens with zero attached hydrogens (tertiary/aromatic N) is 1. The zero-order valence-electron chi connectivity index (χ0n) is 11.3. The first-order valence-corrected chi connectivity index (χ1v) is 7.38. The number of piperidine rings is 1. The molecule has 1 saturated carbocycles. The van der Waals surface area contributed by atoms with Crippen LogP contribution in [0.4, 0.5) is 0 Å². The van der Waals surface area contributed by atoms with Crippen LogP contribution in [-0.4, -0.2) is 42.8 Å². The molecule has 0 aromatic carbocycles. The molecule has 0 amide bonds. The number of hydrogen-bond acceptors (Lipinski definition) is 3. The van der Waals surface area contributed by atoms with Gasteiger partial charge in [0, 0.05) is 18.2 Å². The van der Waals surface area contributed by atoms with Crippen LogP contribution in [0, 0.1) is 0 Å². The van der Waals surface area contributed by atoms with E-state index in [1.807, 2.05) is 0 Å². The first-order chi connectivity index (χ1) is 8.29. The summed E-state index contributed by atoms with van der Waals surface area (Å²) >= 11 is 0. The quantitative estimate of drug-likeness (QED) is 0.800. The van der Waals surface area contributed by atoms with Crippen LogP contribution < -0.4 is 5.73 Å². The van der Waals surface area contributed by atoms with Gasteiger partial charge in [-0.3, -0.25) is 4.90 Å². The third kappa shape index (κ3) is 2.83. The van der Waals surface area contributed by atoms with Crippen molar-refractivity contribution in [3.05, 3.63) is 0 Å². The van der Waals surface area contributed by atoms with Crippen molar-refractivity contribution in [3.8, 4) is 0 Å². The fourth-order valence-corrected chi connectivity index (χ4v) is 3.65.